The van der Waals surface area contributed by atoms with Gasteiger partial charge in [0.05, 0.1) is 5.56 Å². The van der Waals surface area contributed by atoms with Crippen molar-refractivity contribution in [3.05, 3.63) is 35.4 Å². The van der Waals surface area contributed by atoms with Gasteiger partial charge in [-0.3, -0.25) is 0 Å². The van der Waals surface area contributed by atoms with Crippen molar-refractivity contribution in [2.24, 2.45) is 11.1 Å². The van der Waals surface area contributed by atoms with Crippen LogP contribution < -0.4 is 5.73 Å². The van der Waals surface area contributed by atoms with E-state index in [2.05, 4.69) is 0 Å². The van der Waals surface area contributed by atoms with Gasteiger partial charge in [0.15, 0.2) is 0 Å². The first kappa shape index (κ1) is 13.4. The second kappa shape index (κ2) is 4.57. The van der Waals surface area contributed by atoms with Crippen LogP contribution in [-0.2, 0) is 6.18 Å². The molecule has 1 aromatic rings. The summed E-state index contributed by atoms with van der Waals surface area (Å²) in [6, 6.07) is 5.13. The molecule has 100 valence electrons. The van der Waals surface area contributed by atoms with Gasteiger partial charge in [0, 0.05) is 6.04 Å². The largest absolute Gasteiger partial charge is 0.416 e. The van der Waals surface area contributed by atoms with E-state index in [1.807, 2.05) is 6.92 Å². The molecule has 1 nitrogen and oxygen atoms in total. The second-order valence-corrected chi connectivity index (χ2v) is 5.42. The van der Waals surface area contributed by atoms with Gasteiger partial charge in [-0.05, 0) is 29.9 Å². The van der Waals surface area contributed by atoms with Crippen LogP contribution in [-0.4, -0.2) is 0 Å². The van der Waals surface area contributed by atoms with E-state index in [1.54, 1.807) is 6.07 Å². The predicted molar refractivity (Wildman–Crippen MR) is 64.9 cm³/mol. The number of alkyl halides is 3. The molecule has 0 bridgehead atoms. The first-order chi connectivity index (χ1) is 8.34. The van der Waals surface area contributed by atoms with E-state index in [9.17, 15) is 13.2 Å². The lowest BCUT2D eigenvalue weighted by molar-refractivity contribution is -0.138. The zero-order valence-electron chi connectivity index (χ0n) is 10.4. The molecule has 18 heavy (non-hydrogen) atoms. The van der Waals surface area contributed by atoms with E-state index in [1.165, 1.54) is 12.1 Å². The molecule has 1 unspecified atom stereocenters. The number of hydrogen-bond donors (Lipinski definition) is 1. The van der Waals surface area contributed by atoms with Crippen LogP contribution in [0.5, 0.6) is 0 Å². The summed E-state index contributed by atoms with van der Waals surface area (Å²) in [6.07, 6.45) is -0.416. The van der Waals surface area contributed by atoms with Gasteiger partial charge in [0.1, 0.15) is 0 Å². The monoisotopic (exact) mass is 257 g/mol. The maximum atomic E-state index is 13.0. The Morgan fingerprint density at radius 2 is 1.72 bits per heavy atom. The number of benzene rings is 1. The summed E-state index contributed by atoms with van der Waals surface area (Å²) in [5.41, 5.74) is 5.56. The number of nitrogens with two attached hydrogens (primary N) is 1. The van der Waals surface area contributed by atoms with E-state index >= 15 is 0 Å². The molecule has 1 aliphatic carbocycles. The van der Waals surface area contributed by atoms with Gasteiger partial charge in [-0.1, -0.05) is 38.0 Å². The molecule has 0 aliphatic heterocycles. The Morgan fingerprint density at radius 1 is 1.17 bits per heavy atom. The second-order valence-electron chi connectivity index (χ2n) is 5.42. The lowest BCUT2D eigenvalue weighted by Crippen LogP contribution is -2.31. The molecular weight excluding hydrogens is 239 g/mol. The standard InChI is InChI=1S/C14H18F3N/c1-13(8-4-5-9-13)12(18)10-6-2-3-7-11(10)14(15,16)17/h2-3,6-7,12H,4-5,8-9,18H2,1H3. The molecular formula is C14H18F3N. The van der Waals surface area contributed by atoms with E-state index in [0.29, 0.717) is 0 Å². The van der Waals surface area contributed by atoms with Crippen LogP contribution in [0.15, 0.2) is 24.3 Å². The number of hydrogen-bond acceptors (Lipinski definition) is 1. The summed E-state index contributed by atoms with van der Waals surface area (Å²) in [6.45, 7) is 2.00. The van der Waals surface area contributed by atoms with Crippen molar-refractivity contribution in [3.63, 3.8) is 0 Å². The maximum absolute atomic E-state index is 13.0. The van der Waals surface area contributed by atoms with Crippen LogP contribution >= 0.6 is 0 Å². The van der Waals surface area contributed by atoms with Crippen molar-refractivity contribution in [1.29, 1.82) is 0 Å². The minimum atomic E-state index is -4.33. The summed E-state index contributed by atoms with van der Waals surface area (Å²) in [7, 11) is 0. The summed E-state index contributed by atoms with van der Waals surface area (Å²) in [5.74, 6) is 0. The van der Waals surface area contributed by atoms with Crippen LogP contribution in [0, 0.1) is 5.41 Å². The Hall–Kier alpha value is -1.03. The fourth-order valence-electron chi connectivity index (χ4n) is 2.90. The number of halogens is 3. The molecule has 0 heterocycles. The van der Waals surface area contributed by atoms with Gasteiger partial charge in [0.25, 0.3) is 0 Å². The SMILES string of the molecule is CC1(C(N)c2ccccc2C(F)(F)F)CCCC1. The molecule has 1 aromatic carbocycles. The van der Waals surface area contributed by atoms with Gasteiger partial charge >= 0.3 is 6.18 Å². The Morgan fingerprint density at radius 3 is 2.28 bits per heavy atom. The van der Waals surface area contributed by atoms with E-state index < -0.39 is 17.8 Å². The maximum Gasteiger partial charge on any atom is 0.416 e. The highest BCUT2D eigenvalue weighted by atomic mass is 19.4. The fraction of sp³-hybridized carbons (Fsp3) is 0.571. The molecule has 2 N–H and O–H groups in total. The molecule has 1 aliphatic rings. The van der Waals surface area contributed by atoms with Gasteiger partial charge in [-0.15, -0.1) is 0 Å². The Bertz CT molecular complexity index is 419. The molecule has 0 spiro atoms. The molecule has 0 radical (unpaired) electrons. The molecule has 1 saturated carbocycles. The molecule has 0 saturated heterocycles. The smallest absolute Gasteiger partial charge is 0.323 e. The third-order valence-corrected chi connectivity index (χ3v) is 4.10. The Balaban J connectivity index is 2.39. The van der Waals surface area contributed by atoms with E-state index in [4.69, 9.17) is 5.73 Å². The summed E-state index contributed by atoms with van der Waals surface area (Å²) >= 11 is 0. The normalized spacial score (nSPS) is 20.9. The van der Waals surface area contributed by atoms with Crippen molar-refractivity contribution in [2.45, 2.75) is 44.8 Å². The zero-order chi connectivity index (χ0) is 13.4. The Labute approximate surface area is 105 Å². The van der Waals surface area contributed by atoms with Gasteiger partial charge in [-0.2, -0.15) is 13.2 Å². The number of rotatable bonds is 2. The molecule has 0 aromatic heterocycles. The predicted octanol–water partition coefficient (Wildman–Crippen LogP) is 4.29. The third kappa shape index (κ3) is 2.39. The summed E-state index contributed by atoms with van der Waals surface area (Å²) < 4.78 is 38.9. The van der Waals surface area contributed by atoms with Crippen molar-refractivity contribution in [1.82, 2.24) is 0 Å². The van der Waals surface area contributed by atoms with Crippen molar-refractivity contribution < 1.29 is 13.2 Å². The minimum Gasteiger partial charge on any atom is -0.323 e. The van der Waals surface area contributed by atoms with Crippen LogP contribution in [0.3, 0.4) is 0 Å². The highest BCUT2D eigenvalue weighted by Gasteiger charge is 2.40. The zero-order valence-corrected chi connectivity index (χ0v) is 10.4. The average Bonchev–Trinajstić information content (AvgIpc) is 2.75. The first-order valence-corrected chi connectivity index (χ1v) is 6.26. The Kier molecular flexibility index (Phi) is 3.41. The van der Waals surface area contributed by atoms with Crippen LogP contribution in [0.1, 0.15) is 49.8 Å². The highest BCUT2D eigenvalue weighted by Crippen LogP contribution is 2.48. The van der Waals surface area contributed by atoms with Crippen LogP contribution in [0.25, 0.3) is 0 Å². The first-order valence-electron chi connectivity index (χ1n) is 6.26. The lowest BCUT2D eigenvalue weighted by atomic mass is 9.76. The fourth-order valence-corrected chi connectivity index (χ4v) is 2.90. The molecule has 2 rings (SSSR count). The lowest BCUT2D eigenvalue weighted by Gasteiger charge is -2.33. The average molecular weight is 257 g/mol. The topological polar surface area (TPSA) is 26.0 Å². The van der Waals surface area contributed by atoms with Crippen molar-refractivity contribution >= 4 is 0 Å². The van der Waals surface area contributed by atoms with Crippen LogP contribution in [0.4, 0.5) is 13.2 Å². The van der Waals surface area contributed by atoms with Gasteiger partial charge in [-0.25, -0.2) is 0 Å². The van der Waals surface area contributed by atoms with Gasteiger partial charge < -0.3 is 5.73 Å². The highest BCUT2D eigenvalue weighted by molar-refractivity contribution is 5.33. The molecule has 1 fully saturated rings. The quantitative estimate of drug-likeness (QED) is 0.840. The van der Waals surface area contributed by atoms with Crippen molar-refractivity contribution in [3.8, 4) is 0 Å². The van der Waals surface area contributed by atoms with Gasteiger partial charge in [0.2, 0.25) is 0 Å². The van der Waals surface area contributed by atoms with E-state index in [-0.39, 0.29) is 11.0 Å². The molecule has 0 amide bonds. The summed E-state index contributed by atoms with van der Waals surface area (Å²) in [5, 5.41) is 0. The van der Waals surface area contributed by atoms with Crippen molar-refractivity contribution in [2.75, 3.05) is 0 Å². The molecule has 1 atom stereocenters. The summed E-state index contributed by atoms with van der Waals surface area (Å²) in [4.78, 5) is 0. The van der Waals surface area contributed by atoms with Crippen LogP contribution in [0.2, 0.25) is 0 Å². The van der Waals surface area contributed by atoms with E-state index in [0.717, 1.165) is 31.7 Å². The molecule has 4 heteroatoms. The third-order valence-electron chi connectivity index (χ3n) is 4.10. The minimum absolute atomic E-state index is 0.207.